The molecule has 1 aliphatic heterocycles. The minimum Gasteiger partial charge on any atom is -0.439 e. The van der Waals surface area contributed by atoms with E-state index >= 15 is 0 Å². The van der Waals surface area contributed by atoms with E-state index in [0.717, 1.165) is 26.2 Å². The molecule has 1 amide bonds. The third-order valence-electron chi connectivity index (χ3n) is 3.03. The number of carbonyl (C=O) groups is 1. The molecule has 1 aliphatic rings. The Labute approximate surface area is 112 Å². The SMILES string of the molecule is CONc1ccc(/C=C/C(=O)N2CCN(C)CC2)o1. The maximum atomic E-state index is 11.9. The van der Waals surface area contributed by atoms with Gasteiger partial charge >= 0.3 is 0 Å². The summed E-state index contributed by atoms with van der Waals surface area (Å²) < 4.78 is 5.38. The van der Waals surface area contributed by atoms with E-state index in [9.17, 15) is 4.79 Å². The van der Waals surface area contributed by atoms with Crippen molar-refractivity contribution in [2.24, 2.45) is 0 Å². The highest BCUT2D eigenvalue weighted by Crippen LogP contribution is 2.14. The summed E-state index contributed by atoms with van der Waals surface area (Å²) in [4.78, 5) is 20.7. The lowest BCUT2D eigenvalue weighted by molar-refractivity contribution is -0.127. The summed E-state index contributed by atoms with van der Waals surface area (Å²) >= 11 is 0. The van der Waals surface area contributed by atoms with Crippen LogP contribution in [-0.2, 0) is 9.63 Å². The molecule has 0 aliphatic carbocycles. The summed E-state index contributed by atoms with van der Waals surface area (Å²) in [5.41, 5.74) is 2.58. The Bertz CT molecular complexity index is 448. The Kier molecular flexibility index (Phi) is 4.59. The van der Waals surface area contributed by atoms with Crippen LogP contribution >= 0.6 is 0 Å². The molecule has 104 valence electrons. The quantitative estimate of drug-likeness (QED) is 0.651. The van der Waals surface area contributed by atoms with Crippen LogP contribution in [0.1, 0.15) is 5.76 Å². The van der Waals surface area contributed by atoms with E-state index < -0.39 is 0 Å². The first-order valence-electron chi connectivity index (χ1n) is 6.23. The zero-order valence-corrected chi connectivity index (χ0v) is 11.3. The fraction of sp³-hybridized carbons (Fsp3) is 0.462. The highest BCUT2D eigenvalue weighted by Gasteiger charge is 2.16. The van der Waals surface area contributed by atoms with Gasteiger partial charge in [-0.25, -0.2) is 5.48 Å². The summed E-state index contributed by atoms with van der Waals surface area (Å²) in [6, 6.07) is 3.51. The maximum Gasteiger partial charge on any atom is 0.246 e. The van der Waals surface area contributed by atoms with E-state index in [1.165, 1.54) is 7.11 Å². The molecule has 2 heterocycles. The lowest BCUT2D eigenvalue weighted by Gasteiger charge is -2.31. The van der Waals surface area contributed by atoms with E-state index in [1.54, 1.807) is 24.3 Å². The molecule has 0 atom stereocenters. The molecule has 0 unspecified atom stereocenters. The topological polar surface area (TPSA) is 58.0 Å². The molecule has 1 aromatic rings. The fourth-order valence-corrected chi connectivity index (χ4v) is 1.88. The van der Waals surface area contributed by atoms with Crippen molar-refractivity contribution in [2.45, 2.75) is 0 Å². The van der Waals surface area contributed by atoms with Gasteiger partial charge in [0.15, 0.2) is 0 Å². The van der Waals surface area contributed by atoms with Gasteiger partial charge in [0.05, 0.1) is 7.11 Å². The lowest BCUT2D eigenvalue weighted by Crippen LogP contribution is -2.46. The second-order valence-electron chi connectivity index (χ2n) is 4.47. The zero-order chi connectivity index (χ0) is 13.7. The molecule has 1 saturated heterocycles. The van der Waals surface area contributed by atoms with Crippen LogP contribution < -0.4 is 5.48 Å². The maximum absolute atomic E-state index is 11.9. The number of likely N-dealkylation sites (N-methyl/N-ethyl adjacent to an activating group) is 1. The van der Waals surface area contributed by atoms with Crippen LogP contribution in [-0.4, -0.2) is 56.0 Å². The predicted octanol–water partition coefficient (Wildman–Crippen LogP) is 1.04. The molecule has 1 N–H and O–H groups in total. The Hall–Kier alpha value is -1.79. The number of furan rings is 1. The second kappa shape index (κ2) is 6.40. The number of hydrogen-bond donors (Lipinski definition) is 1. The minimum absolute atomic E-state index is 0.0192. The Balaban J connectivity index is 1.88. The molecule has 0 radical (unpaired) electrons. The van der Waals surface area contributed by atoms with Crippen molar-refractivity contribution in [3.8, 4) is 0 Å². The van der Waals surface area contributed by atoms with Crippen LogP contribution in [0.4, 0.5) is 5.88 Å². The molecule has 0 spiro atoms. The van der Waals surface area contributed by atoms with Gasteiger partial charge in [-0.3, -0.25) is 9.63 Å². The van der Waals surface area contributed by atoms with Crippen LogP contribution in [0.25, 0.3) is 6.08 Å². The van der Waals surface area contributed by atoms with Gasteiger partial charge in [-0.05, 0) is 19.2 Å². The number of hydrogen-bond acceptors (Lipinski definition) is 5. The first-order chi connectivity index (χ1) is 9.19. The van der Waals surface area contributed by atoms with Gasteiger partial charge in [0.2, 0.25) is 11.8 Å². The van der Waals surface area contributed by atoms with Crippen LogP contribution in [0, 0.1) is 0 Å². The second-order valence-corrected chi connectivity index (χ2v) is 4.47. The van der Waals surface area contributed by atoms with E-state index in [-0.39, 0.29) is 5.91 Å². The third-order valence-corrected chi connectivity index (χ3v) is 3.03. The van der Waals surface area contributed by atoms with Crippen molar-refractivity contribution in [3.05, 3.63) is 24.0 Å². The molecule has 2 rings (SSSR count). The van der Waals surface area contributed by atoms with Crippen molar-refractivity contribution in [2.75, 3.05) is 45.8 Å². The number of piperazine rings is 1. The molecule has 1 aromatic heterocycles. The van der Waals surface area contributed by atoms with E-state index in [2.05, 4.69) is 17.4 Å². The first-order valence-corrected chi connectivity index (χ1v) is 6.23. The molecule has 6 heteroatoms. The zero-order valence-electron chi connectivity index (χ0n) is 11.3. The lowest BCUT2D eigenvalue weighted by atomic mass is 10.3. The third kappa shape index (κ3) is 3.84. The van der Waals surface area contributed by atoms with Crippen LogP contribution in [0.15, 0.2) is 22.6 Å². The van der Waals surface area contributed by atoms with Gasteiger partial charge in [0.25, 0.3) is 0 Å². The number of carbonyl (C=O) groups excluding carboxylic acids is 1. The molecule has 19 heavy (non-hydrogen) atoms. The Morgan fingerprint density at radius 1 is 1.37 bits per heavy atom. The number of nitrogens with one attached hydrogen (secondary N) is 1. The minimum atomic E-state index is 0.0192. The van der Waals surface area contributed by atoms with Gasteiger partial charge in [-0.1, -0.05) is 0 Å². The smallest absolute Gasteiger partial charge is 0.246 e. The molecular formula is C13H19N3O3. The van der Waals surface area contributed by atoms with Gasteiger partial charge < -0.3 is 14.2 Å². The Morgan fingerprint density at radius 2 is 2.11 bits per heavy atom. The summed E-state index contributed by atoms with van der Waals surface area (Å²) in [5, 5.41) is 0. The molecule has 0 aromatic carbocycles. The summed E-state index contributed by atoms with van der Waals surface area (Å²) in [7, 11) is 3.57. The van der Waals surface area contributed by atoms with E-state index in [0.29, 0.717) is 11.6 Å². The average Bonchev–Trinajstić information content (AvgIpc) is 2.85. The van der Waals surface area contributed by atoms with Crippen LogP contribution in [0.5, 0.6) is 0 Å². The highest BCUT2D eigenvalue weighted by molar-refractivity contribution is 5.91. The molecule has 6 nitrogen and oxygen atoms in total. The van der Waals surface area contributed by atoms with Gasteiger partial charge in [-0.15, -0.1) is 0 Å². The monoisotopic (exact) mass is 265 g/mol. The molecule has 0 saturated carbocycles. The van der Waals surface area contributed by atoms with Gasteiger partial charge in [0, 0.05) is 38.3 Å². The van der Waals surface area contributed by atoms with Crippen molar-refractivity contribution >= 4 is 17.9 Å². The van der Waals surface area contributed by atoms with Crippen molar-refractivity contribution in [1.82, 2.24) is 9.80 Å². The largest absolute Gasteiger partial charge is 0.439 e. The number of amides is 1. The van der Waals surface area contributed by atoms with Crippen molar-refractivity contribution in [1.29, 1.82) is 0 Å². The number of nitrogens with zero attached hydrogens (tertiary/aromatic N) is 2. The summed E-state index contributed by atoms with van der Waals surface area (Å²) in [6.07, 6.45) is 3.21. The van der Waals surface area contributed by atoms with Gasteiger partial charge in [0.1, 0.15) is 5.76 Å². The van der Waals surface area contributed by atoms with Crippen molar-refractivity contribution in [3.63, 3.8) is 0 Å². The predicted molar refractivity (Wildman–Crippen MR) is 72.5 cm³/mol. The molecule has 1 fully saturated rings. The summed E-state index contributed by atoms with van der Waals surface area (Å²) in [5.74, 6) is 1.14. The normalized spacial score (nSPS) is 17.1. The van der Waals surface area contributed by atoms with Crippen LogP contribution in [0.2, 0.25) is 0 Å². The summed E-state index contributed by atoms with van der Waals surface area (Å²) in [6.45, 7) is 3.38. The number of rotatable bonds is 4. The van der Waals surface area contributed by atoms with Gasteiger partial charge in [-0.2, -0.15) is 0 Å². The molecule has 0 bridgehead atoms. The van der Waals surface area contributed by atoms with Crippen LogP contribution in [0.3, 0.4) is 0 Å². The average molecular weight is 265 g/mol. The number of anilines is 1. The van der Waals surface area contributed by atoms with E-state index in [1.807, 2.05) is 4.90 Å². The van der Waals surface area contributed by atoms with Crippen molar-refractivity contribution < 1.29 is 14.0 Å². The molecular weight excluding hydrogens is 246 g/mol. The first kappa shape index (κ1) is 13.6. The van der Waals surface area contributed by atoms with E-state index in [4.69, 9.17) is 9.25 Å². The standard InChI is InChI=1S/C13H19N3O3/c1-15-7-9-16(10-8-15)13(17)6-4-11-3-5-12(19-11)14-18-2/h3-6,14H,7-10H2,1-2H3/b6-4+. The fourth-order valence-electron chi connectivity index (χ4n) is 1.88. The highest BCUT2D eigenvalue weighted by atomic mass is 16.6. The Morgan fingerprint density at radius 3 is 2.79 bits per heavy atom.